The summed E-state index contributed by atoms with van der Waals surface area (Å²) in [6.45, 7) is 0. The Bertz CT molecular complexity index is 297. The normalized spacial score (nSPS) is 11.1. The molecule has 0 spiro atoms. The SMILES string of the molecule is COC(OC)c1ccc(SCCCSC)cc1. The zero-order valence-electron chi connectivity index (χ0n) is 10.6. The first-order valence-corrected chi connectivity index (χ1v) is 7.97. The fraction of sp³-hybridized carbons (Fsp3) is 0.538. The van der Waals surface area contributed by atoms with Gasteiger partial charge in [-0.15, -0.1) is 11.8 Å². The molecule has 0 unspecified atom stereocenters. The van der Waals surface area contributed by atoms with Gasteiger partial charge in [-0.3, -0.25) is 0 Å². The summed E-state index contributed by atoms with van der Waals surface area (Å²) in [4.78, 5) is 1.31. The lowest BCUT2D eigenvalue weighted by Gasteiger charge is -2.13. The van der Waals surface area contributed by atoms with E-state index in [1.165, 1.54) is 22.8 Å². The van der Waals surface area contributed by atoms with E-state index in [0.29, 0.717) is 0 Å². The fourth-order valence-electron chi connectivity index (χ4n) is 1.48. The number of hydrogen-bond donors (Lipinski definition) is 0. The number of ether oxygens (including phenoxy) is 2. The lowest BCUT2D eigenvalue weighted by molar-refractivity contribution is -0.106. The van der Waals surface area contributed by atoms with Crippen LogP contribution in [-0.4, -0.2) is 32.0 Å². The smallest absolute Gasteiger partial charge is 0.183 e. The van der Waals surface area contributed by atoms with Crippen LogP contribution in [0, 0.1) is 0 Å². The first kappa shape index (κ1) is 14.9. The van der Waals surface area contributed by atoms with Gasteiger partial charge in [-0.05, 0) is 36.3 Å². The van der Waals surface area contributed by atoms with Gasteiger partial charge in [0.25, 0.3) is 0 Å². The highest BCUT2D eigenvalue weighted by Crippen LogP contribution is 2.23. The van der Waals surface area contributed by atoms with Gasteiger partial charge in [0, 0.05) is 24.7 Å². The van der Waals surface area contributed by atoms with E-state index >= 15 is 0 Å². The van der Waals surface area contributed by atoms with Crippen LogP contribution in [0.1, 0.15) is 18.3 Å². The molecule has 0 aliphatic rings. The molecule has 0 saturated carbocycles. The lowest BCUT2D eigenvalue weighted by Crippen LogP contribution is -2.02. The summed E-state index contributed by atoms with van der Waals surface area (Å²) in [5, 5.41) is 0. The minimum Gasteiger partial charge on any atom is -0.352 e. The Labute approximate surface area is 112 Å². The van der Waals surface area contributed by atoms with Crippen LogP contribution in [0.3, 0.4) is 0 Å². The third kappa shape index (κ3) is 5.34. The standard InChI is InChI=1S/C13H20O2S2/c1-14-13(15-2)11-5-7-12(8-6-11)17-10-4-9-16-3/h5-8,13H,4,9-10H2,1-3H3. The minimum absolute atomic E-state index is 0.259. The Morgan fingerprint density at radius 2 is 1.71 bits per heavy atom. The van der Waals surface area contributed by atoms with E-state index in [2.05, 4.69) is 30.5 Å². The van der Waals surface area contributed by atoms with Gasteiger partial charge < -0.3 is 9.47 Å². The summed E-state index contributed by atoms with van der Waals surface area (Å²) in [6, 6.07) is 8.39. The van der Waals surface area contributed by atoms with Crippen LogP contribution in [0.2, 0.25) is 0 Å². The molecule has 0 amide bonds. The Balaban J connectivity index is 2.44. The lowest BCUT2D eigenvalue weighted by atomic mass is 10.2. The van der Waals surface area contributed by atoms with Crippen LogP contribution >= 0.6 is 23.5 Å². The van der Waals surface area contributed by atoms with Crippen LogP contribution in [0.4, 0.5) is 0 Å². The van der Waals surface area contributed by atoms with E-state index in [9.17, 15) is 0 Å². The van der Waals surface area contributed by atoms with E-state index in [4.69, 9.17) is 9.47 Å². The van der Waals surface area contributed by atoms with Gasteiger partial charge in [0.15, 0.2) is 6.29 Å². The molecule has 1 aromatic rings. The molecule has 2 nitrogen and oxygen atoms in total. The van der Waals surface area contributed by atoms with Crippen LogP contribution < -0.4 is 0 Å². The van der Waals surface area contributed by atoms with Gasteiger partial charge >= 0.3 is 0 Å². The molecule has 0 N–H and O–H groups in total. The van der Waals surface area contributed by atoms with Crippen LogP contribution in [-0.2, 0) is 9.47 Å². The molecule has 0 bridgehead atoms. The number of benzene rings is 1. The van der Waals surface area contributed by atoms with Crippen molar-refractivity contribution in [1.29, 1.82) is 0 Å². The van der Waals surface area contributed by atoms with E-state index in [1.54, 1.807) is 14.2 Å². The predicted molar refractivity (Wildman–Crippen MR) is 76.9 cm³/mol. The monoisotopic (exact) mass is 272 g/mol. The molecule has 0 fully saturated rings. The van der Waals surface area contributed by atoms with Crippen molar-refractivity contribution in [3.8, 4) is 0 Å². The van der Waals surface area contributed by atoms with E-state index in [1.807, 2.05) is 23.5 Å². The van der Waals surface area contributed by atoms with E-state index in [-0.39, 0.29) is 6.29 Å². The predicted octanol–water partition coefficient (Wildman–Crippen LogP) is 3.82. The van der Waals surface area contributed by atoms with Gasteiger partial charge in [-0.25, -0.2) is 0 Å². The molecule has 1 aromatic carbocycles. The molecule has 0 aliphatic heterocycles. The average molecular weight is 272 g/mol. The highest BCUT2D eigenvalue weighted by molar-refractivity contribution is 7.99. The van der Waals surface area contributed by atoms with Crippen LogP contribution in [0.25, 0.3) is 0 Å². The summed E-state index contributed by atoms with van der Waals surface area (Å²) in [6.07, 6.45) is 3.15. The second-order valence-electron chi connectivity index (χ2n) is 3.57. The van der Waals surface area contributed by atoms with Crippen molar-refractivity contribution in [1.82, 2.24) is 0 Å². The number of hydrogen-bond acceptors (Lipinski definition) is 4. The van der Waals surface area contributed by atoms with Crippen molar-refractivity contribution in [3.63, 3.8) is 0 Å². The maximum absolute atomic E-state index is 5.21. The molecule has 0 aliphatic carbocycles. The highest BCUT2D eigenvalue weighted by Gasteiger charge is 2.07. The summed E-state index contributed by atoms with van der Waals surface area (Å²) >= 11 is 3.80. The molecule has 1 rings (SSSR count). The van der Waals surface area contributed by atoms with Gasteiger partial charge in [-0.2, -0.15) is 11.8 Å². The summed E-state index contributed by atoms with van der Waals surface area (Å²) < 4.78 is 10.4. The highest BCUT2D eigenvalue weighted by atomic mass is 32.2. The molecule has 0 saturated heterocycles. The molecule has 0 radical (unpaired) electrons. The topological polar surface area (TPSA) is 18.5 Å². The van der Waals surface area contributed by atoms with Gasteiger partial charge in [0.1, 0.15) is 0 Å². The first-order chi connectivity index (χ1) is 8.31. The van der Waals surface area contributed by atoms with Gasteiger partial charge in [0.2, 0.25) is 0 Å². The molecule has 4 heteroatoms. The van der Waals surface area contributed by atoms with Crippen molar-refractivity contribution in [2.45, 2.75) is 17.6 Å². The number of thioether (sulfide) groups is 2. The van der Waals surface area contributed by atoms with E-state index in [0.717, 1.165) is 5.56 Å². The first-order valence-electron chi connectivity index (χ1n) is 5.59. The quantitative estimate of drug-likeness (QED) is 0.406. The Kier molecular flexibility index (Phi) is 7.77. The maximum atomic E-state index is 5.21. The Morgan fingerprint density at radius 1 is 1.06 bits per heavy atom. The molecule has 17 heavy (non-hydrogen) atoms. The molecular formula is C13H20O2S2. The van der Waals surface area contributed by atoms with Crippen molar-refractivity contribution in [3.05, 3.63) is 29.8 Å². The maximum Gasteiger partial charge on any atom is 0.183 e. The molecule has 0 heterocycles. The van der Waals surface area contributed by atoms with Crippen molar-refractivity contribution in [2.75, 3.05) is 32.0 Å². The van der Waals surface area contributed by atoms with Crippen LogP contribution in [0.15, 0.2) is 29.2 Å². The van der Waals surface area contributed by atoms with Crippen molar-refractivity contribution in [2.24, 2.45) is 0 Å². The van der Waals surface area contributed by atoms with Gasteiger partial charge in [0.05, 0.1) is 0 Å². The third-order valence-electron chi connectivity index (χ3n) is 2.34. The summed E-state index contributed by atoms with van der Waals surface area (Å²) in [5.41, 5.74) is 1.06. The van der Waals surface area contributed by atoms with Gasteiger partial charge in [-0.1, -0.05) is 12.1 Å². The Morgan fingerprint density at radius 3 is 2.24 bits per heavy atom. The second-order valence-corrected chi connectivity index (χ2v) is 5.72. The zero-order valence-corrected chi connectivity index (χ0v) is 12.3. The summed E-state index contributed by atoms with van der Waals surface area (Å²) in [7, 11) is 3.30. The molecule has 96 valence electrons. The molecule has 0 atom stereocenters. The average Bonchev–Trinajstić information content (AvgIpc) is 2.38. The van der Waals surface area contributed by atoms with Crippen molar-refractivity contribution >= 4 is 23.5 Å². The fourth-order valence-corrected chi connectivity index (χ4v) is 2.95. The minimum atomic E-state index is -0.259. The molecule has 0 aromatic heterocycles. The third-order valence-corrected chi connectivity index (χ3v) is 4.14. The van der Waals surface area contributed by atoms with Crippen molar-refractivity contribution < 1.29 is 9.47 Å². The zero-order chi connectivity index (χ0) is 12.5. The largest absolute Gasteiger partial charge is 0.352 e. The number of rotatable bonds is 8. The summed E-state index contributed by atoms with van der Waals surface area (Å²) in [5.74, 6) is 2.42. The van der Waals surface area contributed by atoms with E-state index < -0.39 is 0 Å². The second kappa shape index (κ2) is 8.86. The Hall–Kier alpha value is -0.160. The molecular weight excluding hydrogens is 252 g/mol. The number of methoxy groups -OCH3 is 2. The van der Waals surface area contributed by atoms with Crippen LogP contribution in [0.5, 0.6) is 0 Å².